The Hall–Kier alpha value is -1.96. The Morgan fingerprint density at radius 1 is 1.32 bits per heavy atom. The second kappa shape index (κ2) is 6.43. The molecule has 118 valence electrons. The molecule has 1 unspecified atom stereocenters. The summed E-state index contributed by atoms with van der Waals surface area (Å²) in [7, 11) is 1.29. The number of halogens is 3. The zero-order chi connectivity index (χ0) is 16.3. The summed E-state index contributed by atoms with van der Waals surface area (Å²) in [5.41, 5.74) is -0.182. The molecule has 1 aromatic heterocycles. The fourth-order valence-electron chi connectivity index (χ4n) is 1.76. The molecule has 4 nitrogen and oxygen atoms in total. The first-order valence-corrected chi connectivity index (χ1v) is 7.16. The normalized spacial score (nSPS) is 13.0. The van der Waals surface area contributed by atoms with Crippen molar-refractivity contribution in [3.8, 4) is 5.69 Å². The number of nitrogens with zero attached hydrogens (tertiary/aromatic N) is 2. The van der Waals surface area contributed by atoms with E-state index in [9.17, 15) is 18.0 Å². The summed E-state index contributed by atoms with van der Waals surface area (Å²) in [6.45, 7) is 1.67. The summed E-state index contributed by atoms with van der Waals surface area (Å²) >= 11 is 1.17. The Morgan fingerprint density at radius 2 is 1.95 bits per heavy atom. The summed E-state index contributed by atoms with van der Waals surface area (Å²) in [6, 6.07) is 4.73. The number of rotatable bonds is 4. The number of carbonyl (C=O) groups is 1. The fourth-order valence-corrected chi connectivity index (χ4v) is 2.67. The number of ether oxygens (including phenoxy) is 1. The maximum atomic E-state index is 12.6. The van der Waals surface area contributed by atoms with Crippen molar-refractivity contribution in [1.82, 2.24) is 9.55 Å². The predicted octanol–water partition coefficient (Wildman–Crippen LogP) is 3.54. The quantitative estimate of drug-likeness (QED) is 0.635. The third kappa shape index (κ3) is 3.62. The molecule has 2 aromatic rings. The van der Waals surface area contributed by atoms with Gasteiger partial charge in [0, 0.05) is 18.1 Å². The number of alkyl halides is 3. The van der Waals surface area contributed by atoms with Crippen molar-refractivity contribution >= 4 is 17.7 Å². The first-order chi connectivity index (χ1) is 10.3. The van der Waals surface area contributed by atoms with Crippen LogP contribution >= 0.6 is 11.8 Å². The minimum Gasteiger partial charge on any atom is -0.468 e. The Balaban J connectivity index is 2.24. The van der Waals surface area contributed by atoms with E-state index in [2.05, 4.69) is 9.72 Å². The summed E-state index contributed by atoms with van der Waals surface area (Å²) in [5, 5.41) is 0.0262. The van der Waals surface area contributed by atoms with E-state index in [1.54, 1.807) is 17.7 Å². The number of aromatic nitrogens is 2. The van der Waals surface area contributed by atoms with E-state index >= 15 is 0 Å². The summed E-state index contributed by atoms with van der Waals surface area (Å²) < 4.78 is 44.0. The number of benzene rings is 1. The van der Waals surface area contributed by atoms with Crippen LogP contribution in [0, 0.1) is 0 Å². The minimum absolute atomic E-state index is 0.396. The van der Waals surface area contributed by atoms with Crippen LogP contribution in [-0.4, -0.2) is 27.9 Å². The van der Waals surface area contributed by atoms with Crippen LogP contribution in [0.2, 0.25) is 0 Å². The molecule has 1 heterocycles. The van der Waals surface area contributed by atoms with Crippen molar-refractivity contribution in [2.45, 2.75) is 23.5 Å². The van der Waals surface area contributed by atoms with Crippen molar-refractivity contribution in [3.05, 3.63) is 42.2 Å². The van der Waals surface area contributed by atoms with E-state index in [4.69, 9.17) is 0 Å². The lowest BCUT2D eigenvalue weighted by molar-refractivity contribution is -0.139. The molecule has 0 bridgehead atoms. The molecule has 2 rings (SSSR count). The van der Waals surface area contributed by atoms with Gasteiger partial charge in [-0.15, -0.1) is 0 Å². The molecule has 22 heavy (non-hydrogen) atoms. The molecule has 0 saturated carbocycles. The first kappa shape index (κ1) is 16.4. The number of thioether (sulfide) groups is 1. The van der Waals surface area contributed by atoms with Gasteiger partial charge in [-0.25, -0.2) is 4.98 Å². The molecule has 0 aliphatic rings. The van der Waals surface area contributed by atoms with Crippen molar-refractivity contribution in [2.24, 2.45) is 0 Å². The Kier molecular flexibility index (Phi) is 4.80. The SMILES string of the molecule is COC(=O)C(C)Sc1nccn1-c1ccc(C(F)(F)F)cc1. The highest BCUT2D eigenvalue weighted by molar-refractivity contribution is 8.00. The first-order valence-electron chi connectivity index (χ1n) is 6.28. The molecule has 0 spiro atoms. The molecule has 0 aliphatic heterocycles. The fraction of sp³-hybridized carbons (Fsp3) is 0.286. The van der Waals surface area contributed by atoms with Crippen LogP contribution in [0.25, 0.3) is 5.69 Å². The van der Waals surface area contributed by atoms with E-state index in [1.807, 2.05) is 0 Å². The van der Waals surface area contributed by atoms with Gasteiger partial charge in [0.15, 0.2) is 5.16 Å². The average Bonchev–Trinajstić information content (AvgIpc) is 2.93. The lowest BCUT2D eigenvalue weighted by Gasteiger charge is -2.12. The van der Waals surface area contributed by atoms with Gasteiger partial charge in [-0.3, -0.25) is 9.36 Å². The maximum absolute atomic E-state index is 12.6. The molecule has 0 fully saturated rings. The van der Waals surface area contributed by atoms with Gasteiger partial charge in [-0.2, -0.15) is 13.2 Å². The molecular weight excluding hydrogens is 317 g/mol. The highest BCUT2D eigenvalue weighted by Crippen LogP contribution is 2.30. The molecular formula is C14H13F3N2O2S. The zero-order valence-corrected chi connectivity index (χ0v) is 12.6. The summed E-state index contributed by atoms with van der Waals surface area (Å²) in [4.78, 5) is 15.6. The molecule has 0 N–H and O–H groups in total. The van der Waals surface area contributed by atoms with Crippen molar-refractivity contribution < 1.29 is 22.7 Å². The summed E-state index contributed by atoms with van der Waals surface area (Å²) in [5.74, 6) is -0.396. The van der Waals surface area contributed by atoms with Crippen LogP contribution in [0.4, 0.5) is 13.2 Å². The lowest BCUT2D eigenvalue weighted by atomic mass is 10.2. The number of methoxy groups -OCH3 is 1. The molecule has 1 aromatic carbocycles. The largest absolute Gasteiger partial charge is 0.468 e. The van der Waals surface area contributed by atoms with Crippen LogP contribution in [0.15, 0.2) is 41.8 Å². The number of imidazole rings is 1. The predicted molar refractivity (Wildman–Crippen MR) is 75.9 cm³/mol. The number of hydrogen-bond acceptors (Lipinski definition) is 4. The van der Waals surface area contributed by atoms with Gasteiger partial charge >= 0.3 is 12.1 Å². The van der Waals surface area contributed by atoms with Crippen molar-refractivity contribution in [2.75, 3.05) is 7.11 Å². The van der Waals surface area contributed by atoms with E-state index in [0.717, 1.165) is 12.1 Å². The summed E-state index contributed by atoms with van der Waals surface area (Å²) in [6.07, 6.45) is -1.23. The van der Waals surface area contributed by atoms with Gasteiger partial charge in [-0.05, 0) is 31.2 Å². The van der Waals surface area contributed by atoms with Gasteiger partial charge in [0.1, 0.15) is 5.25 Å². The average molecular weight is 330 g/mol. The Morgan fingerprint density at radius 3 is 2.50 bits per heavy atom. The number of hydrogen-bond donors (Lipinski definition) is 0. The highest BCUT2D eigenvalue weighted by Gasteiger charge is 2.30. The van der Waals surface area contributed by atoms with Gasteiger partial charge in [0.2, 0.25) is 0 Å². The second-order valence-corrected chi connectivity index (χ2v) is 5.72. The third-order valence-electron chi connectivity index (χ3n) is 2.89. The molecule has 1 atom stereocenters. The van der Waals surface area contributed by atoms with Crippen LogP contribution in [0.3, 0.4) is 0 Å². The van der Waals surface area contributed by atoms with E-state index < -0.39 is 23.0 Å². The lowest BCUT2D eigenvalue weighted by Crippen LogP contribution is -2.15. The topological polar surface area (TPSA) is 44.1 Å². The van der Waals surface area contributed by atoms with Gasteiger partial charge in [-0.1, -0.05) is 11.8 Å². The van der Waals surface area contributed by atoms with Gasteiger partial charge < -0.3 is 4.74 Å². The van der Waals surface area contributed by atoms with Crippen LogP contribution < -0.4 is 0 Å². The monoisotopic (exact) mass is 330 g/mol. The Bertz CT molecular complexity index is 653. The van der Waals surface area contributed by atoms with E-state index in [-0.39, 0.29) is 0 Å². The van der Waals surface area contributed by atoms with Crippen LogP contribution in [0.5, 0.6) is 0 Å². The second-order valence-electron chi connectivity index (χ2n) is 4.41. The molecule has 0 saturated heterocycles. The van der Waals surface area contributed by atoms with Crippen LogP contribution in [-0.2, 0) is 15.7 Å². The van der Waals surface area contributed by atoms with Gasteiger partial charge in [0.25, 0.3) is 0 Å². The Labute approximate surface area is 129 Å². The van der Waals surface area contributed by atoms with Gasteiger partial charge in [0.05, 0.1) is 12.7 Å². The number of carbonyl (C=O) groups excluding carboxylic acids is 1. The van der Waals surface area contributed by atoms with Crippen molar-refractivity contribution in [1.29, 1.82) is 0 Å². The molecule has 0 radical (unpaired) electrons. The number of esters is 1. The molecule has 0 amide bonds. The maximum Gasteiger partial charge on any atom is 0.416 e. The minimum atomic E-state index is -4.37. The van der Waals surface area contributed by atoms with Crippen molar-refractivity contribution in [3.63, 3.8) is 0 Å². The zero-order valence-electron chi connectivity index (χ0n) is 11.8. The van der Waals surface area contributed by atoms with E-state index in [0.29, 0.717) is 10.8 Å². The molecule has 0 aliphatic carbocycles. The smallest absolute Gasteiger partial charge is 0.416 e. The standard InChI is InChI=1S/C14H13F3N2O2S/c1-9(12(20)21-2)22-13-18-7-8-19(13)11-5-3-10(4-6-11)14(15,16)17/h3-9H,1-2H3. The van der Waals surface area contributed by atoms with E-state index in [1.165, 1.54) is 37.2 Å². The highest BCUT2D eigenvalue weighted by atomic mass is 32.2. The third-order valence-corrected chi connectivity index (χ3v) is 3.95. The molecule has 8 heteroatoms. The van der Waals surface area contributed by atoms with Crippen LogP contribution in [0.1, 0.15) is 12.5 Å².